The van der Waals surface area contributed by atoms with Crippen molar-refractivity contribution in [3.63, 3.8) is 0 Å². The van der Waals surface area contributed by atoms with E-state index in [0.717, 1.165) is 56.7 Å². The maximum absolute atomic E-state index is 13.4. The summed E-state index contributed by atoms with van der Waals surface area (Å²) in [6.45, 7) is -0.539. The van der Waals surface area contributed by atoms with Crippen molar-refractivity contribution in [2.45, 2.75) is 51.0 Å². The van der Waals surface area contributed by atoms with E-state index in [1.54, 1.807) is 0 Å². The highest BCUT2D eigenvalue weighted by atomic mass is 19.1. The molecule has 0 aromatic heterocycles. The molecule has 4 nitrogen and oxygen atoms in total. The summed E-state index contributed by atoms with van der Waals surface area (Å²) < 4.78 is 31.6. The number of halogens is 2. The number of benzene rings is 1. The normalized spacial score (nSPS) is 16.3. The van der Waals surface area contributed by atoms with Gasteiger partial charge < -0.3 is 10.1 Å². The molecule has 6 heteroatoms. The van der Waals surface area contributed by atoms with Crippen LogP contribution in [0, 0.1) is 11.6 Å². The van der Waals surface area contributed by atoms with Crippen molar-refractivity contribution in [3.05, 3.63) is 35.4 Å². The van der Waals surface area contributed by atoms with Crippen LogP contribution in [0.3, 0.4) is 0 Å². The molecule has 1 aliphatic rings. The molecule has 0 atom stereocenters. The topological polar surface area (TPSA) is 55.4 Å². The predicted octanol–water partition coefficient (Wildman–Crippen LogP) is 3.35. The minimum Gasteiger partial charge on any atom is -0.452 e. The number of esters is 1. The van der Waals surface area contributed by atoms with E-state index in [2.05, 4.69) is 5.32 Å². The minimum atomic E-state index is -1.17. The lowest BCUT2D eigenvalue weighted by molar-refractivity contribution is -0.125. The molecule has 0 bridgehead atoms. The molecule has 0 heterocycles. The Balaban J connectivity index is 1.82. The van der Waals surface area contributed by atoms with Crippen molar-refractivity contribution in [2.75, 3.05) is 6.61 Å². The average Bonchev–Trinajstić information content (AvgIpc) is 2.47. The predicted molar refractivity (Wildman–Crippen MR) is 80.9 cm³/mol. The maximum atomic E-state index is 13.4. The number of hydrogen-bond acceptors (Lipinski definition) is 3. The number of hydrogen-bond donors (Lipinski definition) is 1. The second kappa shape index (κ2) is 8.60. The lowest BCUT2D eigenvalue weighted by Crippen LogP contribution is -2.38. The summed E-state index contributed by atoms with van der Waals surface area (Å²) in [6, 6.07) is 3.16. The van der Waals surface area contributed by atoms with E-state index in [0.29, 0.717) is 0 Å². The van der Waals surface area contributed by atoms with Gasteiger partial charge in [-0.2, -0.15) is 0 Å². The van der Waals surface area contributed by atoms with Gasteiger partial charge in [0.2, 0.25) is 0 Å². The summed E-state index contributed by atoms with van der Waals surface area (Å²) in [4.78, 5) is 23.5. The van der Waals surface area contributed by atoms with Crippen molar-refractivity contribution < 1.29 is 23.1 Å². The maximum Gasteiger partial charge on any atom is 0.344 e. The second-order valence-electron chi connectivity index (χ2n) is 5.78. The van der Waals surface area contributed by atoms with Gasteiger partial charge in [-0.3, -0.25) is 4.79 Å². The number of carbonyl (C=O) groups excluding carboxylic acids is 2. The standard InChI is InChI=1S/C17H21F2NO3/c18-13-9-6-10-14(19)16(13)17(22)23-11-15(21)20-12-7-4-2-1-3-5-8-12/h6,9-10,12H,1-5,7-8,11H2,(H,20,21). The highest BCUT2D eigenvalue weighted by Crippen LogP contribution is 2.17. The zero-order chi connectivity index (χ0) is 16.7. The highest BCUT2D eigenvalue weighted by Gasteiger charge is 2.20. The van der Waals surface area contributed by atoms with Crippen molar-refractivity contribution in [3.8, 4) is 0 Å². The largest absolute Gasteiger partial charge is 0.452 e. The summed E-state index contributed by atoms with van der Waals surface area (Å²) in [5, 5.41) is 2.82. The van der Waals surface area contributed by atoms with E-state index in [1.165, 1.54) is 6.42 Å². The Morgan fingerprint density at radius 2 is 1.61 bits per heavy atom. The molecule has 0 radical (unpaired) electrons. The van der Waals surface area contributed by atoms with Gasteiger partial charge in [-0.1, -0.05) is 38.2 Å². The van der Waals surface area contributed by atoms with Gasteiger partial charge in [0.25, 0.3) is 5.91 Å². The van der Waals surface area contributed by atoms with Crippen molar-refractivity contribution in [1.82, 2.24) is 5.32 Å². The van der Waals surface area contributed by atoms with Crippen LogP contribution in [0.1, 0.15) is 55.3 Å². The Hall–Kier alpha value is -1.98. The third-order valence-corrected chi connectivity index (χ3v) is 3.97. The van der Waals surface area contributed by atoms with Gasteiger partial charge in [-0.05, 0) is 25.0 Å². The number of nitrogens with one attached hydrogen (secondary N) is 1. The lowest BCUT2D eigenvalue weighted by Gasteiger charge is -2.20. The van der Waals surface area contributed by atoms with Crippen molar-refractivity contribution in [1.29, 1.82) is 0 Å². The van der Waals surface area contributed by atoms with Crippen LogP contribution < -0.4 is 5.32 Å². The molecule has 0 saturated heterocycles. The molecule has 23 heavy (non-hydrogen) atoms. The molecule has 1 N–H and O–H groups in total. The van der Waals surface area contributed by atoms with Gasteiger partial charge in [0.1, 0.15) is 17.2 Å². The highest BCUT2D eigenvalue weighted by molar-refractivity contribution is 5.91. The van der Waals surface area contributed by atoms with Crippen LogP contribution in [-0.2, 0) is 9.53 Å². The van der Waals surface area contributed by atoms with Crippen molar-refractivity contribution in [2.24, 2.45) is 0 Å². The third kappa shape index (κ3) is 5.30. The zero-order valence-corrected chi connectivity index (χ0v) is 12.9. The molecular weight excluding hydrogens is 304 g/mol. The van der Waals surface area contributed by atoms with Crippen LogP contribution in [-0.4, -0.2) is 24.5 Å². The fourth-order valence-electron chi connectivity index (χ4n) is 2.77. The molecule has 1 aliphatic carbocycles. The molecule has 0 unspecified atom stereocenters. The molecule has 1 saturated carbocycles. The molecule has 1 fully saturated rings. The lowest BCUT2D eigenvalue weighted by atomic mass is 9.97. The molecule has 126 valence electrons. The first-order valence-electron chi connectivity index (χ1n) is 7.98. The summed E-state index contributed by atoms with van der Waals surface area (Å²) in [5.41, 5.74) is -0.772. The molecule has 2 rings (SSSR count). The molecule has 1 aromatic rings. The Morgan fingerprint density at radius 3 is 2.22 bits per heavy atom. The van der Waals surface area contributed by atoms with Crippen LogP contribution in [0.15, 0.2) is 18.2 Å². The van der Waals surface area contributed by atoms with Crippen LogP contribution in [0.2, 0.25) is 0 Å². The summed E-state index contributed by atoms with van der Waals surface area (Å²) in [7, 11) is 0. The number of rotatable bonds is 4. The van der Waals surface area contributed by atoms with Gasteiger partial charge in [0.05, 0.1) is 0 Å². The van der Waals surface area contributed by atoms with E-state index < -0.39 is 35.7 Å². The fraction of sp³-hybridized carbons (Fsp3) is 0.529. The Kier molecular flexibility index (Phi) is 6.50. The van der Waals surface area contributed by atoms with Crippen molar-refractivity contribution >= 4 is 11.9 Å². The summed E-state index contributed by atoms with van der Waals surface area (Å²) in [5.74, 6) is -3.63. The first kappa shape index (κ1) is 17.4. The SMILES string of the molecule is O=C(COC(=O)c1c(F)cccc1F)NC1CCCCCCC1. The van der Waals surface area contributed by atoms with Gasteiger partial charge in [-0.15, -0.1) is 0 Å². The molecule has 0 spiro atoms. The third-order valence-electron chi connectivity index (χ3n) is 3.97. The van der Waals surface area contributed by atoms with E-state index in [-0.39, 0.29) is 6.04 Å². The quantitative estimate of drug-likeness (QED) is 0.864. The Morgan fingerprint density at radius 1 is 1.04 bits per heavy atom. The Labute approximate surface area is 134 Å². The van der Waals surface area contributed by atoms with E-state index in [1.807, 2.05) is 0 Å². The fourth-order valence-corrected chi connectivity index (χ4v) is 2.77. The summed E-state index contributed by atoms with van der Waals surface area (Å²) >= 11 is 0. The van der Waals surface area contributed by atoms with Gasteiger partial charge >= 0.3 is 5.97 Å². The zero-order valence-electron chi connectivity index (χ0n) is 12.9. The Bertz CT molecular complexity index is 535. The summed E-state index contributed by atoms with van der Waals surface area (Å²) in [6.07, 6.45) is 7.48. The van der Waals surface area contributed by atoms with Crippen LogP contribution in [0.25, 0.3) is 0 Å². The number of carbonyl (C=O) groups is 2. The minimum absolute atomic E-state index is 0.0756. The van der Waals surface area contributed by atoms with Gasteiger partial charge in [-0.25, -0.2) is 13.6 Å². The van der Waals surface area contributed by atoms with E-state index in [4.69, 9.17) is 4.74 Å². The molecule has 0 aliphatic heterocycles. The molecule has 1 amide bonds. The number of amides is 1. The smallest absolute Gasteiger partial charge is 0.344 e. The number of ether oxygens (including phenoxy) is 1. The molecule has 1 aromatic carbocycles. The monoisotopic (exact) mass is 325 g/mol. The first-order chi connectivity index (χ1) is 11.1. The first-order valence-corrected chi connectivity index (χ1v) is 7.98. The van der Waals surface area contributed by atoms with E-state index in [9.17, 15) is 18.4 Å². The van der Waals surface area contributed by atoms with Crippen LogP contribution >= 0.6 is 0 Å². The van der Waals surface area contributed by atoms with Gasteiger partial charge in [0.15, 0.2) is 6.61 Å². The van der Waals surface area contributed by atoms with E-state index >= 15 is 0 Å². The van der Waals surface area contributed by atoms with Gasteiger partial charge in [0, 0.05) is 6.04 Å². The average molecular weight is 325 g/mol. The van der Waals surface area contributed by atoms with Crippen LogP contribution in [0.4, 0.5) is 8.78 Å². The molecular formula is C17H21F2NO3. The van der Waals surface area contributed by atoms with Crippen LogP contribution in [0.5, 0.6) is 0 Å². The second-order valence-corrected chi connectivity index (χ2v) is 5.78.